The van der Waals surface area contributed by atoms with Gasteiger partial charge in [0, 0.05) is 0 Å². The SMILES string of the molecule is CCC[C@H]1CC[C@H]([C@H]2CC[C@H](C(=O)Oc3ccc(OC(F)(F)C(F)F)cc3)CC2)CC1. The van der Waals surface area contributed by atoms with Crippen molar-refractivity contribution in [3.05, 3.63) is 24.3 Å². The number of carbonyl (C=O) groups is 1. The fourth-order valence-corrected chi connectivity index (χ4v) is 5.16. The first kappa shape index (κ1) is 23.9. The summed E-state index contributed by atoms with van der Waals surface area (Å²) in [4.78, 5) is 12.5. The van der Waals surface area contributed by atoms with Crippen LogP contribution in [0.15, 0.2) is 24.3 Å². The van der Waals surface area contributed by atoms with Crippen molar-refractivity contribution >= 4 is 5.97 Å². The van der Waals surface area contributed by atoms with Crippen molar-refractivity contribution in [2.24, 2.45) is 23.7 Å². The number of esters is 1. The van der Waals surface area contributed by atoms with E-state index in [1.807, 2.05) is 0 Å². The van der Waals surface area contributed by atoms with Gasteiger partial charge in [0.25, 0.3) is 0 Å². The molecule has 0 bridgehead atoms. The molecule has 0 heterocycles. The zero-order valence-corrected chi connectivity index (χ0v) is 18.0. The van der Waals surface area contributed by atoms with E-state index in [-0.39, 0.29) is 17.6 Å². The topological polar surface area (TPSA) is 35.5 Å². The summed E-state index contributed by atoms with van der Waals surface area (Å²) in [6.07, 6.45) is 3.10. The van der Waals surface area contributed by atoms with Crippen LogP contribution in [0.2, 0.25) is 0 Å². The molecular formula is C24H32F4O3. The van der Waals surface area contributed by atoms with Gasteiger partial charge in [-0.3, -0.25) is 4.79 Å². The Bertz CT molecular complexity index is 691. The summed E-state index contributed by atoms with van der Waals surface area (Å²) < 4.78 is 59.7. The molecule has 0 atom stereocenters. The van der Waals surface area contributed by atoms with Gasteiger partial charge < -0.3 is 9.47 Å². The Morgan fingerprint density at radius 3 is 1.97 bits per heavy atom. The molecule has 0 amide bonds. The second kappa shape index (κ2) is 10.7. The molecule has 2 saturated carbocycles. The fraction of sp³-hybridized carbons (Fsp3) is 0.708. The number of hydrogen-bond acceptors (Lipinski definition) is 3. The summed E-state index contributed by atoms with van der Waals surface area (Å²) in [5.74, 6) is 1.66. The molecule has 174 valence electrons. The number of hydrogen-bond donors (Lipinski definition) is 0. The largest absolute Gasteiger partial charge is 0.461 e. The van der Waals surface area contributed by atoms with Crippen LogP contribution in [0.3, 0.4) is 0 Å². The predicted molar refractivity (Wildman–Crippen MR) is 109 cm³/mol. The van der Waals surface area contributed by atoms with E-state index >= 15 is 0 Å². The van der Waals surface area contributed by atoms with Crippen LogP contribution >= 0.6 is 0 Å². The van der Waals surface area contributed by atoms with Gasteiger partial charge in [-0.05, 0) is 80.5 Å². The highest BCUT2D eigenvalue weighted by atomic mass is 19.3. The van der Waals surface area contributed by atoms with Crippen molar-refractivity contribution in [3.63, 3.8) is 0 Å². The van der Waals surface area contributed by atoms with Crippen LogP contribution in [-0.4, -0.2) is 18.5 Å². The highest BCUT2D eigenvalue weighted by molar-refractivity contribution is 5.75. The Morgan fingerprint density at radius 1 is 0.935 bits per heavy atom. The molecule has 0 N–H and O–H groups in total. The van der Waals surface area contributed by atoms with E-state index in [4.69, 9.17) is 4.74 Å². The van der Waals surface area contributed by atoms with Gasteiger partial charge >= 0.3 is 18.5 Å². The Kier molecular flexibility index (Phi) is 8.23. The molecule has 0 aliphatic heterocycles. The van der Waals surface area contributed by atoms with Gasteiger partial charge in [0.05, 0.1) is 5.92 Å². The smallest absolute Gasteiger partial charge is 0.428 e. The van der Waals surface area contributed by atoms with Crippen molar-refractivity contribution in [1.82, 2.24) is 0 Å². The highest BCUT2D eigenvalue weighted by Gasteiger charge is 2.44. The maximum absolute atomic E-state index is 12.9. The van der Waals surface area contributed by atoms with Crippen LogP contribution in [0.5, 0.6) is 11.5 Å². The number of benzene rings is 1. The molecular weight excluding hydrogens is 412 g/mol. The second-order valence-electron chi connectivity index (χ2n) is 9.04. The molecule has 0 saturated heterocycles. The Balaban J connectivity index is 1.43. The number of alkyl halides is 4. The van der Waals surface area contributed by atoms with Gasteiger partial charge in [-0.25, -0.2) is 0 Å². The maximum atomic E-state index is 12.9. The van der Waals surface area contributed by atoms with Crippen molar-refractivity contribution in [3.8, 4) is 11.5 Å². The van der Waals surface area contributed by atoms with Crippen LogP contribution in [0.25, 0.3) is 0 Å². The molecule has 0 spiro atoms. The zero-order chi connectivity index (χ0) is 22.4. The number of rotatable bonds is 8. The molecule has 3 rings (SSSR count). The van der Waals surface area contributed by atoms with Crippen molar-refractivity contribution in [2.75, 3.05) is 0 Å². The molecule has 7 heteroatoms. The van der Waals surface area contributed by atoms with Gasteiger partial charge in [0.15, 0.2) is 0 Å². The molecule has 0 radical (unpaired) electrons. The third-order valence-electron chi connectivity index (χ3n) is 6.91. The lowest BCUT2D eigenvalue weighted by Crippen LogP contribution is -2.33. The molecule has 0 aromatic heterocycles. The summed E-state index contributed by atoms with van der Waals surface area (Å²) in [5.41, 5.74) is 0. The van der Waals surface area contributed by atoms with Crippen LogP contribution in [-0.2, 0) is 4.79 Å². The fourth-order valence-electron chi connectivity index (χ4n) is 5.16. The van der Waals surface area contributed by atoms with E-state index in [1.165, 1.54) is 50.7 Å². The lowest BCUT2D eigenvalue weighted by molar-refractivity contribution is -0.253. The quantitative estimate of drug-likeness (QED) is 0.241. The third kappa shape index (κ3) is 6.59. The molecule has 31 heavy (non-hydrogen) atoms. The number of halogens is 4. The summed E-state index contributed by atoms with van der Waals surface area (Å²) in [6, 6.07) is 4.72. The van der Waals surface area contributed by atoms with E-state index in [1.54, 1.807) is 0 Å². The number of ether oxygens (including phenoxy) is 2. The van der Waals surface area contributed by atoms with Crippen LogP contribution in [0.4, 0.5) is 17.6 Å². The predicted octanol–water partition coefficient (Wildman–Crippen LogP) is 7.24. The van der Waals surface area contributed by atoms with E-state index < -0.39 is 18.3 Å². The summed E-state index contributed by atoms with van der Waals surface area (Å²) in [6.45, 7) is 2.25. The van der Waals surface area contributed by atoms with Crippen molar-refractivity contribution in [1.29, 1.82) is 0 Å². The Morgan fingerprint density at radius 2 is 1.45 bits per heavy atom. The monoisotopic (exact) mass is 444 g/mol. The Labute approximate surface area is 181 Å². The molecule has 3 nitrogen and oxygen atoms in total. The molecule has 2 fully saturated rings. The lowest BCUT2D eigenvalue weighted by Gasteiger charge is -2.37. The Hall–Kier alpha value is -1.79. The minimum atomic E-state index is -4.56. The van der Waals surface area contributed by atoms with Gasteiger partial charge in [0.1, 0.15) is 11.5 Å². The van der Waals surface area contributed by atoms with Crippen LogP contribution in [0.1, 0.15) is 71.1 Å². The maximum Gasteiger partial charge on any atom is 0.461 e. The van der Waals surface area contributed by atoms with E-state index in [0.717, 1.165) is 49.7 Å². The molecule has 1 aromatic rings. The average molecular weight is 445 g/mol. The first-order chi connectivity index (χ1) is 14.8. The average Bonchev–Trinajstić information content (AvgIpc) is 2.76. The zero-order valence-electron chi connectivity index (χ0n) is 18.0. The van der Waals surface area contributed by atoms with Gasteiger partial charge in [0.2, 0.25) is 0 Å². The molecule has 2 aliphatic rings. The van der Waals surface area contributed by atoms with Crippen molar-refractivity contribution < 1.29 is 31.8 Å². The molecule has 0 unspecified atom stereocenters. The highest BCUT2D eigenvalue weighted by Crippen LogP contribution is 2.42. The second-order valence-corrected chi connectivity index (χ2v) is 9.04. The minimum absolute atomic E-state index is 0.160. The van der Waals surface area contributed by atoms with Gasteiger partial charge in [-0.2, -0.15) is 17.6 Å². The van der Waals surface area contributed by atoms with Crippen LogP contribution in [0, 0.1) is 23.7 Å². The summed E-state index contributed by atoms with van der Waals surface area (Å²) in [7, 11) is 0. The number of carbonyl (C=O) groups excluding carboxylic acids is 1. The van der Waals surface area contributed by atoms with E-state index in [9.17, 15) is 22.4 Å². The normalized spacial score (nSPS) is 27.2. The molecule has 2 aliphatic carbocycles. The van der Waals surface area contributed by atoms with Gasteiger partial charge in [-0.15, -0.1) is 0 Å². The minimum Gasteiger partial charge on any atom is -0.428 e. The molecule has 1 aromatic carbocycles. The lowest BCUT2D eigenvalue weighted by atomic mass is 9.69. The summed E-state index contributed by atoms with van der Waals surface area (Å²) in [5, 5.41) is 0. The standard InChI is InChI=1S/C24H32F4O3/c1-2-3-16-4-6-17(7-5-16)18-8-10-19(11-9-18)22(29)30-20-12-14-21(15-13-20)31-24(27,28)23(25)26/h12-19,23H,2-11H2,1H3/t16-,17-,18-,19-. The third-order valence-corrected chi connectivity index (χ3v) is 6.91. The first-order valence-corrected chi connectivity index (χ1v) is 11.4. The van der Waals surface area contributed by atoms with Gasteiger partial charge in [-0.1, -0.05) is 32.6 Å². The van der Waals surface area contributed by atoms with E-state index in [2.05, 4.69) is 11.7 Å². The first-order valence-electron chi connectivity index (χ1n) is 11.4. The van der Waals surface area contributed by atoms with E-state index in [0.29, 0.717) is 5.92 Å². The van der Waals surface area contributed by atoms with Crippen molar-refractivity contribution in [2.45, 2.75) is 83.7 Å². The summed E-state index contributed by atoms with van der Waals surface area (Å²) >= 11 is 0. The van der Waals surface area contributed by atoms with Crippen LogP contribution < -0.4 is 9.47 Å².